The third-order valence-electron chi connectivity index (χ3n) is 4.00. The van der Waals surface area contributed by atoms with Gasteiger partial charge in [-0.1, -0.05) is 48.5 Å². The van der Waals surface area contributed by atoms with Crippen molar-refractivity contribution in [3.8, 4) is 16.9 Å². The average molecular weight is 329 g/mol. The van der Waals surface area contributed by atoms with Crippen LogP contribution in [0.4, 0.5) is 5.82 Å². The van der Waals surface area contributed by atoms with Crippen LogP contribution in [0.15, 0.2) is 66.7 Å². The summed E-state index contributed by atoms with van der Waals surface area (Å²) in [5.74, 6) is -0.518. The Labute approximate surface area is 143 Å². The first-order valence-corrected chi connectivity index (χ1v) is 7.75. The zero-order chi connectivity index (χ0) is 17.4. The number of nitrogens with two attached hydrogens (primary N) is 2. The number of carbonyl (C=O) groups is 1. The molecule has 1 amide bonds. The summed E-state index contributed by atoms with van der Waals surface area (Å²) in [5.41, 5.74) is 14.6. The van der Waals surface area contributed by atoms with Crippen LogP contribution in [0.3, 0.4) is 0 Å². The number of hydrogen-bond donors (Lipinski definition) is 2. The third-order valence-corrected chi connectivity index (χ3v) is 4.00. The first kappa shape index (κ1) is 14.9. The van der Waals surface area contributed by atoms with Crippen LogP contribution < -0.4 is 11.5 Å². The van der Waals surface area contributed by atoms with Gasteiger partial charge in [-0.3, -0.25) is 4.79 Å². The molecule has 0 unspecified atom stereocenters. The second kappa shape index (κ2) is 5.76. The van der Waals surface area contributed by atoms with E-state index in [4.69, 9.17) is 16.6 Å². The maximum atomic E-state index is 11.7. The quantitative estimate of drug-likeness (QED) is 0.603. The molecule has 6 heteroatoms. The summed E-state index contributed by atoms with van der Waals surface area (Å²) < 4.78 is 1.72. The Morgan fingerprint density at radius 2 is 1.60 bits per heavy atom. The molecule has 25 heavy (non-hydrogen) atoms. The summed E-state index contributed by atoms with van der Waals surface area (Å²) in [6, 6.07) is 21.0. The molecule has 4 rings (SSSR count). The molecule has 0 spiro atoms. The van der Waals surface area contributed by atoms with E-state index in [-0.39, 0.29) is 11.4 Å². The molecule has 4 N–H and O–H groups in total. The van der Waals surface area contributed by atoms with Crippen LogP contribution in [0.1, 0.15) is 10.4 Å². The number of pyridine rings is 1. The molecule has 0 aliphatic carbocycles. The van der Waals surface area contributed by atoms with Crippen molar-refractivity contribution in [2.24, 2.45) is 5.73 Å². The highest BCUT2D eigenvalue weighted by Crippen LogP contribution is 2.30. The summed E-state index contributed by atoms with van der Waals surface area (Å²) >= 11 is 0. The number of rotatable bonds is 3. The fourth-order valence-corrected chi connectivity index (χ4v) is 2.81. The maximum absolute atomic E-state index is 11.7. The summed E-state index contributed by atoms with van der Waals surface area (Å²) in [6.45, 7) is 0. The highest BCUT2D eigenvalue weighted by molar-refractivity contribution is 6.03. The van der Waals surface area contributed by atoms with Gasteiger partial charge in [0.15, 0.2) is 5.65 Å². The summed E-state index contributed by atoms with van der Waals surface area (Å²) in [7, 11) is 0. The maximum Gasteiger partial charge on any atom is 0.252 e. The number of aromatic nitrogens is 3. The number of carbonyl (C=O) groups excluding carboxylic acids is 1. The van der Waals surface area contributed by atoms with Crippen molar-refractivity contribution >= 4 is 22.8 Å². The van der Waals surface area contributed by atoms with Crippen LogP contribution >= 0.6 is 0 Å². The van der Waals surface area contributed by atoms with Crippen molar-refractivity contribution < 1.29 is 4.79 Å². The summed E-state index contributed by atoms with van der Waals surface area (Å²) in [4.78, 5) is 16.1. The predicted molar refractivity (Wildman–Crippen MR) is 97.2 cm³/mol. The Balaban J connectivity index is 2.08. The molecule has 0 aliphatic rings. The molecule has 0 radical (unpaired) electrons. The number of hydrogen-bond acceptors (Lipinski definition) is 4. The van der Waals surface area contributed by atoms with Gasteiger partial charge in [0.05, 0.1) is 11.3 Å². The Hall–Kier alpha value is -3.67. The first-order valence-electron chi connectivity index (χ1n) is 7.75. The van der Waals surface area contributed by atoms with E-state index in [1.807, 2.05) is 60.7 Å². The lowest BCUT2D eigenvalue weighted by Crippen LogP contribution is -2.14. The lowest BCUT2D eigenvalue weighted by atomic mass is 10.1. The second-order valence-electron chi connectivity index (χ2n) is 5.62. The molecule has 2 heterocycles. The fourth-order valence-electron chi connectivity index (χ4n) is 2.81. The van der Waals surface area contributed by atoms with Crippen molar-refractivity contribution in [1.82, 2.24) is 14.8 Å². The SMILES string of the molecule is NC(=O)c1cc2c(-c3ccccc3)nn(-c3ccccc3)c2nc1N. The van der Waals surface area contributed by atoms with E-state index in [0.29, 0.717) is 5.65 Å². The molecule has 0 fully saturated rings. The normalized spacial score (nSPS) is 10.9. The van der Waals surface area contributed by atoms with E-state index in [2.05, 4.69) is 4.98 Å². The van der Waals surface area contributed by atoms with Gasteiger partial charge in [0, 0.05) is 10.9 Å². The van der Waals surface area contributed by atoms with Crippen LogP contribution in [0.25, 0.3) is 28.0 Å². The number of benzene rings is 2. The average Bonchev–Trinajstić information content (AvgIpc) is 3.00. The smallest absolute Gasteiger partial charge is 0.252 e. The number of primary amides is 1. The van der Waals surface area contributed by atoms with Gasteiger partial charge in [0.2, 0.25) is 0 Å². The number of para-hydroxylation sites is 1. The standard InChI is InChI=1S/C19H15N5O/c20-17-15(18(21)25)11-14-16(12-7-3-1-4-8-12)23-24(19(14)22-17)13-9-5-2-6-10-13/h1-11H,(H2,20,22)(H2,21,25). The largest absolute Gasteiger partial charge is 0.383 e. The van der Waals surface area contributed by atoms with Crippen LogP contribution in [-0.4, -0.2) is 20.7 Å². The highest BCUT2D eigenvalue weighted by Gasteiger charge is 2.18. The molecule has 2 aromatic carbocycles. The van der Waals surface area contributed by atoms with Crippen LogP contribution in [0.2, 0.25) is 0 Å². The molecule has 0 aliphatic heterocycles. The van der Waals surface area contributed by atoms with Crippen molar-refractivity contribution in [3.63, 3.8) is 0 Å². The van der Waals surface area contributed by atoms with Crippen molar-refractivity contribution in [2.75, 3.05) is 5.73 Å². The van der Waals surface area contributed by atoms with Gasteiger partial charge in [-0.05, 0) is 18.2 Å². The molecule has 2 aromatic heterocycles. The molecule has 4 aromatic rings. The Kier molecular flexibility index (Phi) is 3.43. The van der Waals surface area contributed by atoms with E-state index in [1.165, 1.54) is 0 Å². The van der Waals surface area contributed by atoms with Crippen LogP contribution in [0, 0.1) is 0 Å². The van der Waals surface area contributed by atoms with E-state index >= 15 is 0 Å². The molecular formula is C19H15N5O. The molecule has 0 bridgehead atoms. The number of anilines is 1. The molecule has 122 valence electrons. The topological polar surface area (TPSA) is 99.8 Å². The lowest BCUT2D eigenvalue weighted by molar-refractivity contribution is 0.100. The van der Waals surface area contributed by atoms with Gasteiger partial charge in [0.1, 0.15) is 11.5 Å². The predicted octanol–water partition coefficient (Wildman–Crippen LogP) is 2.77. The summed E-state index contributed by atoms with van der Waals surface area (Å²) in [6.07, 6.45) is 0. The first-order chi connectivity index (χ1) is 12.1. The van der Waals surface area contributed by atoms with Gasteiger partial charge >= 0.3 is 0 Å². The molecular weight excluding hydrogens is 314 g/mol. The minimum atomic E-state index is -0.613. The minimum Gasteiger partial charge on any atom is -0.383 e. The van der Waals surface area contributed by atoms with Gasteiger partial charge < -0.3 is 11.5 Å². The van der Waals surface area contributed by atoms with E-state index in [1.54, 1.807) is 10.7 Å². The van der Waals surface area contributed by atoms with Gasteiger partial charge in [0.25, 0.3) is 5.91 Å². The zero-order valence-corrected chi connectivity index (χ0v) is 13.3. The van der Waals surface area contributed by atoms with Crippen LogP contribution in [0.5, 0.6) is 0 Å². The van der Waals surface area contributed by atoms with Gasteiger partial charge in [-0.25, -0.2) is 9.67 Å². The van der Waals surface area contributed by atoms with Gasteiger partial charge in [-0.15, -0.1) is 0 Å². The minimum absolute atomic E-state index is 0.0942. The number of nitrogens with zero attached hydrogens (tertiary/aromatic N) is 3. The Morgan fingerprint density at radius 3 is 2.24 bits per heavy atom. The molecule has 0 saturated carbocycles. The van der Waals surface area contributed by atoms with Crippen molar-refractivity contribution in [1.29, 1.82) is 0 Å². The summed E-state index contributed by atoms with van der Waals surface area (Å²) in [5, 5.41) is 5.44. The van der Waals surface area contributed by atoms with Crippen molar-refractivity contribution in [2.45, 2.75) is 0 Å². The monoisotopic (exact) mass is 329 g/mol. The number of fused-ring (bicyclic) bond motifs is 1. The van der Waals surface area contributed by atoms with E-state index in [9.17, 15) is 4.79 Å². The van der Waals surface area contributed by atoms with Crippen molar-refractivity contribution in [3.05, 3.63) is 72.3 Å². The second-order valence-corrected chi connectivity index (χ2v) is 5.62. The Bertz CT molecular complexity index is 1070. The zero-order valence-electron chi connectivity index (χ0n) is 13.3. The molecule has 6 nitrogen and oxygen atoms in total. The van der Waals surface area contributed by atoms with Gasteiger partial charge in [-0.2, -0.15) is 5.10 Å². The van der Waals surface area contributed by atoms with E-state index < -0.39 is 5.91 Å². The highest BCUT2D eigenvalue weighted by atomic mass is 16.1. The van der Waals surface area contributed by atoms with Crippen LogP contribution in [-0.2, 0) is 0 Å². The Morgan fingerprint density at radius 1 is 0.960 bits per heavy atom. The van der Waals surface area contributed by atoms with E-state index in [0.717, 1.165) is 22.3 Å². The third kappa shape index (κ3) is 2.49. The molecule has 0 atom stereocenters. The lowest BCUT2D eigenvalue weighted by Gasteiger charge is -2.04. The fraction of sp³-hybridized carbons (Fsp3) is 0. The molecule has 0 saturated heterocycles. The number of nitrogen functional groups attached to an aromatic ring is 1. The number of amides is 1.